The number of rotatable bonds is 4. The van der Waals surface area contributed by atoms with E-state index in [1.54, 1.807) is 6.92 Å². The van der Waals surface area contributed by atoms with E-state index in [-0.39, 0.29) is 0 Å². The Morgan fingerprint density at radius 1 is 1.29 bits per heavy atom. The number of aromatic nitrogens is 2. The maximum atomic E-state index is 12.3. The van der Waals surface area contributed by atoms with Gasteiger partial charge in [0.25, 0.3) is 5.56 Å². The zero-order valence-corrected chi connectivity index (χ0v) is 13.1. The average Bonchev–Trinajstić information content (AvgIpc) is 2.82. The lowest BCUT2D eigenvalue weighted by Gasteiger charge is -2.08. The first-order valence-corrected chi connectivity index (χ1v) is 7.05. The predicted octanol–water partition coefficient (Wildman–Crippen LogP) is 0.503. The molecule has 0 radical (unpaired) electrons. The molecule has 0 spiro atoms. The Labute approximate surface area is 124 Å². The molecule has 0 aromatic carbocycles. The highest BCUT2D eigenvalue weighted by atomic mass is 32.1. The van der Waals surface area contributed by atoms with Crippen molar-refractivity contribution in [2.24, 2.45) is 7.05 Å². The number of carbonyl (C=O) groups excluding carboxylic acids is 1. The van der Waals surface area contributed by atoms with Gasteiger partial charge in [0.15, 0.2) is 0 Å². The summed E-state index contributed by atoms with van der Waals surface area (Å²) in [6.45, 7) is 2.32. The van der Waals surface area contributed by atoms with Crippen molar-refractivity contribution in [2.45, 2.75) is 13.5 Å². The summed E-state index contributed by atoms with van der Waals surface area (Å²) in [5, 5.41) is 0.374. The molecule has 0 aliphatic heterocycles. The van der Waals surface area contributed by atoms with Gasteiger partial charge >= 0.3 is 11.7 Å². The molecule has 2 aromatic rings. The summed E-state index contributed by atoms with van der Waals surface area (Å²) < 4.78 is 12.2. The van der Waals surface area contributed by atoms with E-state index >= 15 is 0 Å². The fourth-order valence-corrected chi connectivity index (χ4v) is 3.37. The first kappa shape index (κ1) is 15.5. The average molecular weight is 312 g/mol. The van der Waals surface area contributed by atoms with Gasteiger partial charge in [-0.15, -0.1) is 11.3 Å². The Morgan fingerprint density at radius 3 is 2.52 bits per heavy atom. The highest BCUT2D eigenvalue weighted by molar-refractivity contribution is 7.20. The number of ether oxygens (including phenoxy) is 2. The van der Waals surface area contributed by atoms with E-state index in [0.717, 1.165) is 15.9 Å². The smallest absolute Gasteiger partial charge is 0.348 e. The van der Waals surface area contributed by atoms with Crippen molar-refractivity contribution in [3.05, 3.63) is 31.3 Å². The minimum absolute atomic E-state index is 0.306. The third-order valence-electron chi connectivity index (χ3n) is 3.30. The Morgan fingerprint density at radius 2 is 1.95 bits per heavy atom. The Bertz CT molecular complexity index is 815. The number of hydrogen-bond acceptors (Lipinski definition) is 6. The van der Waals surface area contributed by atoms with Gasteiger partial charge < -0.3 is 9.47 Å². The second kappa shape index (κ2) is 5.82. The van der Waals surface area contributed by atoms with Crippen LogP contribution in [-0.2, 0) is 23.1 Å². The second-order valence-corrected chi connectivity index (χ2v) is 5.52. The summed E-state index contributed by atoms with van der Waals surface area (Å²) in [6.07, 6.45) is 0. The quantitative estimate of drug-likeness (QED) is 0.768. The summed E-state index contributed by atoms with van der Waals surface area (Å²) >= 11 is 1.09. The van der Waals surface area contributed by atoms with Crippen molar-refractivity contribution in [1.29, 1.82) is 0 Å². The zero-order valence-electron chi connectivity index (χ0n) is 12.3. The van der Waals surface area contributed by atoms with E-state index in [9.17, 15) is 14.4 Å². The lowest BCUT2D eigenvalue weighted by Crippen LogP contribution is -2.38. The molecule has 0 N–H and O–H groups in total. The van der Waals surface area contributed by atoms with Crippen molar-refractivity contribution >= 4 is 27.5 Å². The number of aryl methyl sites for hydroxylation is 1. The fourth-order valence-electron chi connectivity index (χ4n) is 2.13. The number of thiophene rings is 1. The fraction of sp³-hybridized carbons (Fsp3) is 0.462. The molecule has 0 aliphatic rings. The molecule has 2 heterocycles. The van der Waals surface area contributed by atoms with E-state index in [2.05, 4.69) is 0 Å². The van der Waals surface area contributed by atoms with Crippen LogP contribution in [0.1, 0.15) is 15.2 Å². The minimum Gasteiger partial charge on any atom is -0.465 e. The van der Waals surface area contributed by atoms with Crippen LogP contribution in [0.5, 0.6) is 0 Å². The molecule has 0 bridgehead atoms. The lowest BCUT2D eigenvalue weighted by atomic mass is 10.2. The molecule has 7 nitrogen and oxygen atoms in total. The molecule has 0 atom stereocenters. The number of fused-ring (bicyclic) bond motifs is 1. The van der Waals surface area contributed by atoms with Crippen LogP contribution in [0.4, 0.5) is 0 Å². The molecule has 21 heavy (non-hydrogen) atoms. The largest absolute Gasteiger partial charge is 0.465 e. The third-order valence-corrected chi connectivity index (χ3v) is 4.59. The van der Waals surface area contributed by atoms with Crippen molar-refractivity contribution in [3.8, 4) is 0 Å². The third kappa shape index (κ3) is 2.40. The maximum Gasteiger partial charge on any atom is 0.348 e. The highest BCUT2D eigenvalue weighted by Gasteiger charge is 2.22. The normalized spacial score (nSPS) is 11.0. The minimum atomic E-state index is -0.513. The Hall–Kier alpha value is -1.93. The van der Waals surface area contributed by atoms with Crippen LogP contribution in [-0.4, -0.2) is 35.9 Å². The number of esters is 1. The molecule has 0 saturated carbocycles. The van der Waals surface area contributed by atoms with Crippen LogP contribution < -0.4 is 11.2 Å². The van der Waals surface area contributed by atoms with E-state index in [1.165, 1.54) is 25.8 Å². The van der Waals surface area contributed by atoms with Gasteiger partial charge in [0.05, 0.1) is 25.6 Å². The summed E-state index contributed by atoms with van der Waals surface area (Å²) in [4.78, 5) is 37.1. The molecule has 0 fully saturated rings. The summed E-state index contributed by atoms with van der Waals surface area (Å²) in [6, 6.07) is 0. The molecule has 8 heteroatoms. The van der Waals surface area contributed by atoms with Crippen molar-refractivity contribution in [2.75, 3.05) is 20.8 Å². The standard InChI is InChI=1S/C13H16N2O5S/c1-7-8-10(16)14(2)13(18)15(5-6-19-3)11(8)21-9(7)12(17)20-4/h5-6H2,1-4H3. The summed E-state index contributed by atoms with van der Waals surface area (Å²) in [5.41, 5.74) is -0.302. The number of carbonyl (C=O) groups is 1. The number of nitrogens with zero attached hydrogens (tertiary/aromatic N) is 2. The van der Waals surface area contributed by atoms with E-state index < -0.39 is 17.2 Å². The van der Waals surface area contributed by atoms with Crippen LogP contribution in [0.2, 0.25) is 0 Å². The SMILES string of the molecule is COCCn1c(=O)n(C)c(=O)c2c(C)c(C(=O)OC)sc21. The van der Waals surface area contributed by atoms with Crippen LogP contribution >= 0.6 is 11.3 Å². The van der Waals surface area contributed by atoms with Gasteiger partial charge in [-0.1, -0.05) is 0 Å². The molecule has 114 valence electrons. The molecule has 0 aliphatic carbocycles. The Balaban J connectivity index is 2.87. The van der Waals surface area contributed by atoms with Gasteiger partial charge in [-0.05, 0) is 12.5 Å². The maximum absolute atomic E-state index is 12.3. The Kier molecular flexibility index (Phi) is 4.29. The molecule has 0 amide bonds. The topological polar surface area (TPSA) is 79.5 Å². The molecular formula is C13H16N2O5S. The molecular weight excluding hydrogens is 296 g/mol. The monoisotopic (exact) mass is 312 g/mol. The molecule has 0 saturated heterocycles. The van der Waals surface area contributed by atoms with Crippen molar-refractivity contribution < 1.29 is 14.3 Å². The van der Waals surface area contributed by atoms with E-state index in [1.807, 2.05) is 0 Å². The van der Waals surface area contributed by atoms with Crippen molar-refractivity contribution in [3.63, 3.8) is 0 Å². The molecule has 2 rings (SSSR count). The number of hydrogen-bond donors (Lipinski definition) is 0. The van der Waals surface area contributed by atoms with Crippen molar-refractivity contribution in [1.82, 2.24) is 9.13 Å². The predicted molar refractivity (Wildman–Crippen MR) is 79.3 cm³/mol. The van der Waals surface area contributed by atoms with E-state index in [4.69, 9.17) is 9.47 Å². The van der Waals surface area contributed by atoms with Gasteiger partial charge in [-0.2, -0.15) is 0 Å². The summed E-state index contributed by atoms with van der Waals surface area (Å²) in [7, 11) is 4.23. The van der Waals surface area contributed by atoms with Crippen LogP contribution in [0.3, 0.4) is 0 Å². The van der Waals surface area contributed by atoms with Gasteiger partial charge in [0, 0.05) is 14.2 Å². The van der Waals surface area contributed by atoms with Gasteiger partial charge in [-0.25, -0.2) is 9.59 Å². The van der Waals surface area contributed by atoms with Gasteiger partial charge in [0.1, 0.15) is 9.71 Å². The summed E-state index contributed by atoms with van der Waals surface area (Å²) in [5.74, 6) is -0.513. The van der Waals surface area contributed by atoms with Crippen LogP contribution in [0.15, 0.2) is 9.59 Å². The first-order chi connectivity index (χ1) is 9.93. The van der Waals surface area contributed by atoms with Gasteiger partial charge in [0.2, 0.25) is 0 Å². The first-order valence-electron chi connectivity index (χ1n) is 6.24. The highest BCUT2D eigenvalue weighted by Crippen LogP contribution is 2.28. The van der Waals surface area contributed by atoms with E-state index in [0.29, 0.717) is 33.8 Å². The molecule has 0 unspecified atom stereocenters. The molecule has 2 aromatic heterocycles. The zero-order chi connectivity index (χ0) is 15.7. The van der Waals surface area contributed by atoms with Gasteiger partial charge in [-0.3, -0.25) is 13.9 Å². The number of methoxy groups -OCH3 is 2. The second-order valence-electron chi connectivity index (χ2n) is 4.52. The van der Waals surface area contributed by atoms with Crippen LogP contribution in [0, 0.1) is 6.92 Å². The lowest BCUT2D eigenvalue weighted by molar-refractivity contribution is 0.0605. The van der Waals surface area contributed by atoms with Crippen LogP contribution in [0.25, 0.3) is 10.2 Å².